The van der Waals surface area contributed by atoms with E-state index in [1.165, 1.54) is 12.8 Å². The molecule has 7 aliphatic carbocycles. The van der Waals surface area contributed by atoms with E-state index in [-0.39, 0.29) is 0 Å². The average Bonchev–Trinajstić information content (AvgIpc) is 2.40. The summed E-state index contributed by atoms with van der Waals surface area (Å²) in [4.78, 5) is 0. The number of allylic oxidation sites excluding steroid dienone is 2. The zero-order valence-corrected chi connectivity index (χ0v) is 10.3. The molecule has 88 valence electrons. The Kier molecular flexibility index (Phi) is 0.881. The molecule has 0 nitrogen and oxygen atoms in total. The average molecular weight is 232 g/mol. The molecule has 0 heteroatoms. The third-order valence-electron chi connectivity index (χ3n) is 8.34. The molecular formula is C18H16. The summed E-state index contributed by atoms with van der Waals surface area (Å²) in [5, 5.41) is 0. The lowest BCUT2D eigenvalue weighted by Gasteiger charge is -3.03. The van der Waals surface area contributed by atoms with Gasteiger partial charge in [-0.3, -0.25) is 0 Å². The fourth-order valence-corrected chi connectivity index (χ4v) is 8.48. The number of benzene rings is 1. The Morgan fingerprint density at radius 2 is 1.28 bits per heavy atom. The highest BCUT2D eigenvalue weighted by molar-refractivity contribution is 5.62. The molecule has 0 aromatic heterocycles. The predicted molar refractivity (Wildman–Crippen MR) is 69.1 cm³/mol. The van der Waals surface area contributed by atoms with E-state index in [2.05, 4.69) is 36.4 Å². The summed E-state index contributed by atoms with van der Waals surface area (Å²) in [7, 11) is 0. The normalized spacial score (nSPS) is 65.6. The van der Waals surface area contributed by atoms with Crippen LogP contribution in [0.25, 0.3) is 0 Å². The first-order valence-electron chi connectivity index (χ1n) is 7.67. The van der Waals surface area contributed by atoms with Gasteiger partial charge < -0.3 is 0 Å². The van der Waals surface area contributed by atoms with Crippen LogP contribution >= 0.6 is 0 Å². The minimum absolute atomic E-state index is 0.755. The first kappa shape index (κ1) is 8.19. The minimum atomic E-state index is 0.755. The second kappa shape index (κ2) is 1.94. The van der Waals surface area contributed by atoms with Crippen LogP contribution in [0.2, 0.25) is 0 Å². The Morgan fingerprint density at radius 3 is 1.78 bits per heavy atom. The Hall–Kier alpha value is -1.04. The van der Waals surface area contributed by atoms with Crippen molar-refractivity contribution in [2.45, 2.75) is 24.7 Å². The maximum atomic E-state index is 2.52. The summed E-state index contributed by atoms with van der Waals surface area (Å²) < 4.78 is 0. The van der Waals surface area contributed by atoms with Crippen molar-refractivity contribution < 1.29 is 0 Å². The largest absolute Gasteiger partial charge is 0.0879 e. The molecule has 2 spiro atoms. The van der Waals surface area contributed by atoms with E-state index in [0.717, 1.165) is 46.3 Å². The second-order valence-electron chi connectivity index (χ2n) is 7.75. The molecule has 4 fully saturated rings. The standard InChI is InChI=1S/C18H16/c1-2-6-10-9(5-1)13-11-12-14(10)18-8-4-3-7-17(13,18)15(11)16(12)18/h1-6,11-16H,7-8H2/t11-,12-,13-,14-,15-,16+,17-,18+/m1/s1. The molecule has 8 rings (SSSR count). The zero-order chi connectivity index (χ0) is 11.3. The lowest BCUT2D eigenvalue weighted by atomic mass is 9.00. The lowest BCUT2D eigenvalue weighted by molar-refractivity contribution is -0.516. The molecule has 8 atom stereocenters. The molecule has 1 aromatic rings. The molecular weight excluding hydrogens is 216 g/mol. The van der Waals surface area contributed by atoms with Gasteiger partial charge in [0.15, 0.2) is 0 Å². The summed E-state index contributed by atoms with van der Waals surface area (Å²) in [6.07, 6.45) is 7.85. The summed E-state index contributed by atoms with van der Waals surface area (Å²) in [5.74, 6) is 6.46. The highest BCUT2D eigenvalue weighted by Gasteiger charge is 3.00. The molecule has 0 unspecified atom stereocenters. The molecule has 7 aliphatic rings. The van der Waals surface area contributed by atoms with Gasteiger partial charge in [0.05, 0.1) is 0 Å². The Bertz CT molecular complexity index is 613. The van der Waals surface area contributed by atoms with Gasteiger partial charge in [0, 0.05) is 0 Å². The molecule has 1 aromatic carbocycles. The van der Waals surface area contributed by atoms with Crippen LogP contribution in [0.1, 0.15) is 35.8 Å². The van der Waals surface area contributed by atoms with Gasteiger partial charge in [0.1, 0.15) is 0 Å². The van der Waals surface area contributed by atoms with Gasteiger partial charge in [0.2, 0.25) is 0 Å². The first-order valence-corrected chi connectivity index (χ1v) is 7.67. The molecule has 4 saturated carbocycles. The molecule has 0 radical (unpaired) electrons. The van der Waals surface area contributed by atoms with Crippen molar-refractivity contribution in [3.05, 3.63) is 47.5 Å². The van der Waals surface area contributed by atoms with Gasteiger partial charge in [0.25, 0.3) is 0 Å². The van der Waals surface area contributed by atoms with Gasteiger partial charge in [-0.1, -0.05) is 36.4 Å². The lowest BCUT2D eigenvalue weighted by Crippen LogP contribution is -2.98. The quantitative estimate of drug-likeness (QED) is 0.598. The third kappa shape index (κ3) is 0.414. The van der Waals surface area contributed by atoms with Crippen molar-refractivity contribution >= 4 is 0 Å². The topological polar surface area (TPSA) is 0 Å². The van der Waals surface area contributed by atoms with Crippen LogP contribution in [0.5, 0.6) is 0 Å². The molecule has 2 bridgehead atoms. The number of hydrogen-bond donors (Lipinski definition) is 0. The number of hydrogen-bond acceptors (Lipinski definition) is 0. The monoisotopic (exact) mass is 232 g/mol. The minimum Gasteiger partial charge on any atom is -0.0879 e. The van der Waals surface area contributed by atoms with Crippen LogP contribution in [0.4, 0.5) is 0 Å². The Labute approximate surface area is 107 Å². The highest BCUT2D eigenvalue weighted by atomic mass is 15.0. The van der Waals surface area contributed by atoms with Gasteiger partial charge in [-0.05, 0) is 70.3 Å². The Balaban J connectivity index is 1.63. The zero-order valence-electron chi connectivity index (χ0n) is 10.3. The summed E-state index contributed by atoms with van der Waals surface area (Å²) in [5.41, 5.74) is 5.04. The maximum absolute atomic E-state index is 2.52. The van der Waals surface area contributed by atoms with E-state index < -0.39 is 0 Å². The van der Waals surface area contributed by atoms with Crippen LogP contribution in [-0.4, -0.2) is 0 Å². The van der Waals surface area contributed by atoms with Crippen molar-refractivity contribution in [2.75, 3.05) is 0 Å². The van der Waals surface area contributed by atoms with Crippen molar-refractivity contribution in [1.82, 2.24) is 0 Å². The van der Waals surface area contributed by atoms with Crippen LogP contribution in [0.15, 0.2) is 36.4 Å². The van der Waals surface area contributed by atoms with Gasteiger partial charge in [-0.25, -0.2) is 0 Å². The highest BCUT2D eigenvalue weighted by Crippen LogP contribution is 3.05. The van der Waals surface area contributed by atoms with Crippen LogP contribution in [0, 0.1) is 34.5 Å². The smallest absolute Gasteiger partial charge is 0.00566 e. The van der Waals surface area contributed by atoms with Crippen LogP contribution < -0.4 is 0 Å². The summed E-state index contributed by atoms with van der Waals surface area (Å²) in [6, 6.07) is 9.48. The van der Waals surface area contributed by atoms with Crippen molar-refractivity contribution in [3.63, 3.8) is 0 Å². The van der Waals surface area contributed by atoms with E-state index in [0.29, 0.717) is 0 Å². The molecule has 0 saturated heterocycles. The maximum Gasteiger partial charge on any atom is -0.00566 e. The van der Waals surface area contributed by atoms with Gasteiger partial charge >= 0.3 is 0 Å². The van der Waals surface area contributed by atoms with Crippen LogP contribution in [-0.2, 0) is 0 Å². The fourth-order valence-electron chi connectivity index (χ4n) is 8.48. The molecule has 0 aliphatic heterocycles. The van der Waals surface area contributed by atoms with Gasteiger partial charge in [-0.2, -0.15) is 0 Å². The number of rotatable bonds is 0. The van der Waals surface area contributed by atoms with E-state index in [4.69, 9.17) is 0 Å². The molecule has 0 N–H and O–H groups in total. The second-order valence-corrected chi connectivity index (χ2v) is 7.75. The van der Waals surface area contributed by atoms with E-state index in [1.54, 1.807) is 11.1 Å². The SMILES string of the molecule is C1=CC[C@]23[C@H]4[C@@H]5[C@H]6[C@H]4[C@@]2(C1)[C@@H]6c1ccccc1[C@H]53. The van der Waals surface area contributed by atoms with E-state index in [9.17, 15) is 0 Å². The fraction of sp³-hybridized carbons (Fsp3) is 0.556. The van der Waals surface area contributed by atoms with E-state index >= 15 is 0 Å². The predicted octanol–water partition coefficient (Wildman–Crippen LogP) is 3.71. The molecule has 0 amide bonds. The van der Waals surface area contributed by atoms with Crippen molar-refractivity contribution in [2.24, 2.45) is 34.5 Å². The molecule has 0 heterocycles. The van der Waals surface area contributed by atoms with Crippen molar-refractivity contribution in [1.29, 1.82) is 0 Å². The summed E-state index contributed by atoms with van der Waals surface area (Å²) >= 11 is 0. The van der Waals surface area contributed by atoms with Crippen LogP contribution in [0.3, 0.4) is 0 Å². The van der Waals surface area contributed by atoms with E-state index in [1.807, 2.05) is 0 Å². The Morgan fingerprint density at radius 1 is 0.778 bits per heavy atom. The van der Waals surface area contributed by atoms with Crippen molar-refractivity contribution in [3.8, 4) is 0 Å². The third-order valence-corrected chi connectivity index (χ3v) is 8.34. The molecule has 18 heavy (non-hydrogen) atoms. The summed E-state index contributed by atoms with van der Waals surface area (Å²) in [6.45, 7) is 0. The first-order chi connectivity index (χ1) is 8.93. The van der Waals surface area contributed by atoms with Gasteiger partial charge in [-0.15, -0.1) is 0 Å².